The molecule has 0 saturated heterocycles. The van der Waals surface area contributed by atoms with Crippen LogP contribution in [0.25, 0.3) is 0 Å². The van der Waals surface area contributed by atoms with Crippen molar-refractivity contribution in [3.63, 3.8) is 0 Å². The molecule has 1 fully saturated rings. The van der Waals surface area contributed by atoms with Crippen LogP contribution in [0.15, 0.2) is 54.7 Å². The van der Waals surface area contributed by atoms with E-state index in [9.17, 15) is 4.39 Å². The highest BCUT2D eigenvalue weighted by Gasteiger charge is 2.26. The molecule has 28 heavy (non-hydrogen) atoms. The zero-order valence-electron chi connectivity index (χ0n) is 16.6. The second-order valence-electron chi connectivity index (χ2n) is 8.20. The smallest absolute Gasteiger partial charge is 0.138 e. The number of benzene rings is 2. The Morgan fingerprint density at radius 1 is 1.18 bits per heavy atom. The van der Waals surface area contributed by atoms with Crippen LogP contribution in [0.3, 0.4) is 0 Å². The maximum absolute atomic E-state index is 14.8. The first kappa shape index (κ1) is 19.0. The van der Waals surface area contributed by atoms with Crippen molar-refractivity contribution >= 4 is 0 Å². The second-order valence-corrected chi connectivity index (χ2v) is 8.20. The summed E-state index contributed by atoms with van der Waals surface area (Å²) in [6.07, 6.45) is 1.56. The Kier molecular flexibility index (Phi) is 5.67. The van der Waals surface area contributed by atoms with E-state index < -0.39 is 6.17 Å². The lowest BCUT2D eigenvalue weighted by molar-refractivity contribution is 0.158. The number of hydrogen-bond donors (Lipinski definition) is 1. The highest BCUT2D eigenvalue weighted by molar-refractivity contribution is 5.39. The number of halogens is 1. The minimum Gasteiger partial charge on any atom is -0.493 e. The Bertz CT molecular complexity index is 829. The number of hydrogen-bond acceptors (Lipinski definition) is 3. The largest absolute Gasteiger partial charge is 0.493 e. The zero-order valence-corrected chi connectivity index (χ0v) is 16.6. The first-order valence-electron chi connectivity index (χ1n) is 10.2. The number of nitrogens with zero attached hydrogens (tertiary/aromatic N) is 1. The maximum Gasteiger partial charge on any atom is 0.138 e. The molecule has 4 rings (SSSR count). The summed E-state index contributed by atoms with van der Waals surface area (Å²) in [6, 6.07) is 14.4. The van der Waals surface area contributed by atoms with E-state index in [-0.39, 0.29) is 0 Å². The van der Waals surface area contributed by atoms with E-state index in [0.717, 1.165) is 48.8 Å². The van der Waals surface area contributed by atoms with Gasteiger partial charge in [-0.15, -0.1) is 0 Å². The molecule has 1 heterocycles. The van der Waals surface area contributed by atoms with Crippen molar-refractivity contribution in [3.05, 3.63) is 77.0 Å². The lowest BCUT2D eigenvalue weighted by atomic mass is 9.97. The standard InChI is InChI=1S/C24H29FN2O/c1-17(2)26-12-18-3-5-19(6-4-18)13-27-14-21-9-10-22(28-16-20-7-8-20)11-23(21)24(25)15-27/h3-6,9-11,20,24,26H,1,7-8,12-16H2,2H3. The molecule has 2 aromatic carbocycles. The van der Waals surface area contributed by atoms with Crippen LogP contribution in [0.5, 0.6) is 5.75 Å². The topological polar surface area (TPSA) is 24.5 Å². The molecule has 1 unspecified atom stereocenters. The van der Waals surface area contributed by atoms with E-state index in [1.807, 2.05) is 25.1 Å². The Morgan fingerprint density at radius 3 is 2.64 bits per heavy atom. The van der Waals surface area contributed by atoms with Gasteiger partial charge < -0.3 is 10.1 Å². The predicted octanol–water partition coefficient (Wildman–Crippen LogP) is 5.13. The molecule has 148 valence electrons. The molecule has 4 heteroatoms. The third-order valence-electron chi connectivity index (χ3n) is 5.47. The average molecular weight is 381 g/mol. The number of alkyl halides is 1. The quantitative estimate of drug-likeness (QED) is 0.687. The summed E-state index contributed by atoms with van der Waals surface area (Å²) in [6.45, 7) is 9.32. The lowest BCUT2D eigenvalue weighted by Gasteiger charge is -2.31. The molecule has 0 radical (unpaired) electrons. The van der Waals surface area contributed by atoms with Gasteiger partial charge in [0.25, 0.3) is 0 Å². The minimum atomic E-state index is -0.965. The number of fused-ring (bicyclic) bond motifs is 1. The van der Waals surface area contributed by atoms with E-state index in [0.29, 0.717) is 12.5 Å². The second kappa shape index (κ2) is 8.36. The number of nitrogens with one attached hydrogen (secondary N) is 1. The van der Waals surface area contributed by atoms with Crippen LogP contribution in [0.2, 0.25) is 0 Å². The van der Waals surface area contributed by atoms with Gasteiger partial charge in [0.05, 0.1) is 6.61 Å². The fourth-order valence-electron chi connectivity index (χ4n) is 3.62. The molecule has 1 saturated carbocycles. The molecule has 2 aromatic rings. The Morgan fingerprint density at radius 2 is 1.93 bits per heavy atom. The molecule has 0 bridgehead atoms. The fraction of sp³-hybridized carbons (Fsp3) is 0.417. The molecule has 3 nitrogen and oxygen atoms in total. The molecule has 1 atom stereocenters. The van der Waals surface area contributed by atoms with Crippen LogP contribution >= 0.6 is 0 Å². The van der Waals surface area contributed by atoms with Crippen molar-refractivity contribution in [2.75, 3.05) is 13.2 Å². The van der Waals surface area contributed by atoms with Crippen LogP contribution in [0.4, 0.5) is 4.39 Å². The van der Waals surface area contributed by atoms with Gasteiger partial charge in [-0.2, -0.15) is 0 Å². The van der Waals surface area contributed by atoms with E-state index >= 15 is 0 Å². The van der Waals surface area contributed by atoms with Crippen LogP contribution in [0, 0.1) is 5.92 Å². The first-order chi connectivity index (χ1) is 13.6. The zero-order chi connectivity index (χ0) is 19.5. The van der Waals surface area contributed by atoms with Crippen molar-refractivity contribution in [3.8, 4) is 5.75 Å². The highest BCUT2D eigenvalue weighted by Crippen LogP contribution is 2.34. The summed E-state index contributed by atoms with van der Waals surface area (Å²) in [5.74, 6) is 1.51. The summed E-state index contributed by atoms with van der Waals surface area (Å²) >= 11 is 0. The highest BCUT2D eigenvalue weighted by atomic mass is 19.1. The third kappa shape index (κ3) is 4.93. The van der Waals surface area contributed by atoms with E-state index in [2.05, 4.69) is 41.1 Å². The Hall–Kier alpha value is -2.33. The lowest BCUT2D eigenvalue weighted by Crippen LogP contribution is -2.31. The number of rotatable bonds is 8. The molecule has 1 aliphatic heterocycles. The maximum atomic E-state index is 14.8. The predicted molar refractivity (Wildman–Crippen MR) is 111 cm³/mol. The van der Waals surface area contributed by atoms with Crippen molar-refractivity contribution in [2.45, 2.75) is 45.6 Å². The van der Waals surface area contributed by atoms with Crippen LogP contribution < -0.4 is 10.1 Å². The molecule has 0 amide bonds. The van der Waals surface area contributed by atoms with E-state index in [4.69, 9.17) is 4.74 Å². The van der Waals surface area contributed by atoms with Gasteiger partial charge >= 0.3 is 0 Å². The average Bonchev–Trinajstić information content (AvgIpc) is 3.50. The Labute approximate surface area is 167 Å². The summed E-state index contributed by atoms with van der Waals surface area (Å²) in [5.41, 5.74) is 5.26. The molecule has 1 N–H and O–H groups in total. The number of allylic oxidation sites excluding steroid dienone is 1. The van der Waals surface area contributed by atoms with Gasteiger partial charge in [0.15, 0.2) is 0 Å². The van der Waals surface area contributed by atoms with Gasteiger partial charge in [-0.25, -0.2) is 4.39 Å². The van der Waals surface area contributed by atoms with Gasteiger partial charge in [0, 0.05) is 31.9 Å². The third-order valence-corrected chi connectivity index (χ3v) is 5.47. The summed E-state index contributed by atoms with van der Waals surface area (Å²) in [7, 11) is 0. The van der Waals surface area contributed by atoms with Gasteiger partial charge in [0.2, 0.25) is 0 Å². The number of ether oxygens (including phenoxy) is 1. The van der Waals surface area contributed by atoms with E-state index in [1.165, 1.54) is 24.0 Å². The minimum absolute atomic E-state index is 0.429. The SMILES string of the molecule is C=C(C)NCc1ccc(CN2Cc3ccc(OCC4CC4)cc3C(F)C2)cc1. The van der Waals surface area contributed by atoms with Crippen LogP contribution in [0.1, 0.15) is 48.2 Å². The first-order valence-corrected chi connectivity index (χ1v) is 10.2. The summed E-state index contributed by atoms with van der Waals surface area (Å²) in [5, 5.41) is 3.24. The van der Waals surface area contributed by atoms with E-state index in [1.54, 1.807) is 0 Å². The van der Waals surface area contributed by atoms with Crippen molar-refractivity contribution in [1.29, 1.82) is 0 Å². The van der Waals surface area contributed by atoms with Gasteiger partial charge in [-0.3, -0.25) is 4.90 Å². The molecular weight excluding hydrogens is 351 g/mol. The van der Waals surface area contributed by atoms with Crippen LogP contribution in [-0.2, 0) is 19.6 Å². The van der Waals surface area contributed by atoms with Gasteiger partial charge in [-0.05, 0) is 60.1 Å². The van der Waals surface area contributed by atoms with Crippen molar-refractivity contribution < 1.29 is 9.13 Å². The molecular formula is C24H29FN2O. The Balaban J connectivity index is 1.36. The van der Waals surface area contributed by atoms with Gasteiger partial charge in [-0.1, -0.05) is 36.9 Å². The van der Waals surface area contributed by atoms with Crippen molar-refractivity contribution in [1.82, 2.24) is 10.2 Å². The summed E-state index contributed by atoms with van der Waals surface area (Å²) < 4.78 is 20.7. The fourth-order valence-corrected chi connectivity index (χ4v) is 3.62. The monoisotopic (exact) mass is 380 g/mol. The molecule has 0 aromatic heterocycles. The van der Waals surface area contributed by atoms with Crippen LogP contribution in [-0.4, -0.2) is 18.1 Å². The van der Waals surface area contributed by atoms with Crippen molar-refractivity contribution in [2.24, 2.45) is 5.92 Å². The summed E-state index contributed by atoms with van der Waals surface area (Å²) in [4.78, 5) is 2.18. The normalized spacial score (nSPS) is 19.1. The molecule has 1 aliphatic carbocycles. The van der Waals surface area contributed by atoms with Gasteiger partial charge in [0.1, 0.15) is 11.9 Å². The molecule has 2 aliphatic rings. The molecule has 0 spiro atoms.